The molecule has 0 unspecified atom stereocenters. The third-order valence-electron chi connectivity index (χ3n) is 3.06. The molecule has 0 saturated heterocycles. The largest absolute Gasteiger partial charge is 0.352 e. The van der Waals surface area contributed by atoms with Gasteiger partial charge in [-0.1, -0.05) is 18.2 Å². The number of carbonyl (C=O) groups excluding carboxylic acids is 1. The number of rotatable bonds is 7. The van der Waals surface area contributed by atoms with Gasteiger partial charge in [0.1, 0.15) is 18.2 Å². The van der Waals surface area contributed by atoms with Gasteiger partial charge in [-0.25, -0.2) is 4.39 Å². The van der Waals surface area contributed by atoms with Crippen LogP contribution in [0.1, 0.15) is 18.4 Å². The van der Waals surface area contributed by atoms with E-state index in [9.17, 15) is 19.3 Å². The summed E-state index contributed by atoms with van der Waals surface area (Å²) in [6.07, 6.45) is 3.21. The second-order valence-electron chi connectivity index (χ2n) is 4.69. The van der Waals surface area contributed by atoms with Crippen molar-refractivity contribution < 1.29 is 14.1 Å². The maximum atomic E-state index is 13.4. The lowest BCUT2D eigenvalue weighted by molar-refractivity contribution is -0.385. The molecular weight excluding hydrogens is 291 g/mol. The molecule has 0 spiro atoms. The number of aromatic nitrogens is 2. The zero-order valence-corrected chi connectivity index (χ0v) is 11.7. The van der Waals surface area contributed by atoms with Gasteiger partial charge in [-0.2, -0.15) is 5.10 Å². The SMILES string of the molecule is O=C(CCCn1cc([N+](=O)[O-])cn1)NCc1ccccc1F. The van der Waals surface area contributed by atoms with Crippen LogP contribution in [0, 0.1) is 15.9 Å². The highest BCUT2D eigenvalue weighted by Gasteiger charge is 2.09. The van der Waals surface area contributed by atoms with Gasteiger partial charge in [-0.15, -0.1) is 0 Å². The molecule has 1 N–H and O–H groups in total. The molecule has 1 heterocycles. The van der Waals surface area contributed by atoms with Gasteiger partial charge in [-0.3, -0.25) is 19.6 Å². The number of nitrogens with one attached hydrogen (secondary N) is 1. The predicted molar refractivity (Wildman–Crippen MR) is 76.4 cm³/mol. The summed E-state index contributed by atoms with van der Waals surface area (Å²) in [5.41, 5.74) is 0.350. The second kappa shape index (κ2) is 7.30. The van der Waals surface area contributed by atoms with Crippen molar-refractivity contribution in [3.8, 4) is 0 Å². The quantitative estimate of drug-likeness (QED) is 0.626. The smallest absolute Gasteiger partial charge is 0.306 e. The summed E-state index contributed by atoms with van der Waals surface area (Å²) >= 11 is 0. The molecule has 2 rings (SSSR count). The first-order valence-corrected chi connectivity index (χ1v) is 6.73. The minimum Gasteiger partial charge on any atom is -0.352 e. The fourth-order valence-corrected chi connectivity index (χ4v) is 1.89. The van der Waals surface area contributed by atoms with E-state index in [1.54, 1.807) is 18.2 Å². The Kier molecular flexibility index (Phi) is 5.18. The molecule has 116 valence electrons. The molecule has 0 aliphatic heterocycles. The summed E-state index contributed by atoms with van der Waals surface area (Å²) in [5, 5.41) is 17.0. The summed E-state index contributed by atoms with van der Waals surface area (Å²) < 4.78 is 14.8. The van der Waals surface area contributed by atoms with Gasteiger partial charge in [0.25, 0.3) is 0 Å². The standard InChI is InChI=1S/C14H15FN4O3/c15-13-5-2-1-4-11(13)8-16-14(20)6-3-7-18-10-12(9-17-18)19(21)22/h1-2,4-5,9-10H,3,6-8H2,(H,16,20). The van der Waals surface area contributed by atoms with Crippen molar-refractivity contribution in [2.24, 2.45) is 0 Å². The number of hydrogen-bond acceptors (Lipinski definition) is 4. The van der Waals surface area contributed by atoms with Gasteiger partial charge in [0.05, 0.1) is 4.92 Å². The molecule has 1 aromatic carbocycles. The van der Waals surface area contributed by atoms with Crippen molar-refractivity contribution in [1.29, 1.82) is 0 Å². The zero-order chi connectivity index (χ0) is 15.9. The molecule has 0 fully saturated rings. The van der Waals surface area contributed by atoms with Gasteiger partial charge >= 0.3 is 5.69 Å². The molecule has 1 aromatic heterocycles. The van der Waals surface area contributed by atoms with Crippen molar-refractivity contribution in [3.05, 3.63) is 58.2 Å². The van der Waals surface area contributed by atoms with Crippen LogP contribution < -0.4 is 5.32 Å². The Hall–Kier alpha value is -2.77. The van der Waals surface area contributed by atoms with Gasteiger partial charge in [0.15, 0.2) is 0 Å². The van der Waals surface area contributed by atoms with E-state index in [0.29, 0.717) is 18.5 Å². The summed E-state index contributed by atoms with van der Waals surface area (Å²) in [5.74, 6) is -0.559. The van der Waals surface area contributed by atoms with Gasteiger partial charge in [-0.05, 0) is 12.5 Å². The Bertz CT molecular complexity index is 672. The number of halogens is 1. The molecule has 0 radical (unpaired) electrons. The van der Waals surface area contributed by atoms with Crippen LogP contribution >= 0.6 is 0 Å². The monoisotopic (exact) mass is 306 g/mol. The minimum atomic E-state index is -0.523. The predicted octanol–water partition coefficient (Wildman–Crippen LogP) is 2.03. The van der Waals surface area contributed by atoms with Crippen molar-refractivity contribution in [2.45, 2.75) is 25.9 Å². The number of aryl methyl sites for hydroxylation is 1. The van der Waals surface area contributed by atoms with E-state index >= 15 is 0 Å². The highest BCUT2D eigenvalue weighted by molar-refractivity contribution is 5.75. The Balaban J connectivity index is 1.71. The molecule has 22 heavy (non-hydrogen) atoms. The average Bonchev–Trinajstić information content (AvgIpc) is 2.95. The Morgan fingerprint density at radius 2 is 2.18 bits per heavy atom. The van der Waals surface area contributed by atoms with Gasteiger partial charge < -0.3 is 5.32 Å². The van der Waals surface area contributed by atoms with E-state index in [0.717, 1.165) is 6.20 Å². The minimum absolute atomic E-state index is 0.0796. The van der Waals surface area contributed by atoms with Crippen LogP contribution in [0.4, 0.5) is 10.1 Å². The maximum Gasteiger partial charge on any atom is 0.306 e. The summed E-state index contributed by atoms with van der Waals surface area (Å²) in [4.78, 5) is 21.6. The van der Waals surface area contributed by atoms with E-state index in [4.69, 9.17) is 0 Å². The van der Waals surface area contributed by atoms with Crippen molar-refractivity contribution in [3.63, 3.8) is 0 Å². The van der Waals surface area contributed by atoms with Crippen LogP contribution in [0.25, 0.3) is 0 Å². The third kappa shape index (κ3) is 4.37. The van der Waals surface area contributed by atoms with Gasteiger partial charge in [0, 0.05) is 25.1 Å². The Labute approximate surface area is 125 Å². The number of hydrogen-bond donors (Lipinski definition) is 1. The van der Waals surface area contributed by atoms with E-state index in [1.165, 1.54) is 16.9 Å². The highest BCUT2D eigenvalue weighted by atomic mass is 19.1. The Morgan fingerprint density at radius 3 is 2.86 bits per heavy atom. The van der Waals surface area contributed by atoms with Crippen LogP contribution in [0.3, 0.4) is 0 Å². The topological polar surface area (TPSA) is 90.1 Å². The first kappa shape index (κ1) is 15.6. The van der Waals surface area contributed by atoms with Crippen LogP contribution in [0.2, 0.25) is 0 Å². The molecule has 1 amide bonds. The van der Waals surface area contributed by atoms with E-state index < -0.39 is 4.92 Å². The molecule has 0 saturated carbocycles. The molecule has 8 heteroatoms. The van der Waals surface area contributed by atoms with Crippen LogP contribution in [0.15, 0.2) is 36.7 Å². The highest BCUT2D eigenvalue weighted by Crippen LogP contribution is 2.09. The molecule has 2 aromatic rings. The second-order valence-corrected chi connectivity index (χ2v) is 4.69. The normalized spacial score (nSPS) is 10.4. The summed E-state index contributed by atoms with van der Waals surface area (Å²) in [6.45, 7) is 0.541. The fourth-order valence-electron chi connectivity index (χ4n) is 1.89. The van der Waals surface area contributed by atoms with Crippen molar-refractivity contribution >= 4 is 11.6 Å². The first-order valence-electron chi connectivity index (χ1n) is 6.73. The summed E-state index contributed by atoms with van der Waals surface area (Å²) in [6, 6.07) is 6.24. The fraction of sp³-hybridized carbons (Fsp3) is 0.286. The third-order valence-corrected chi connectivity index (χ3v) is 3.06. The molecule has 0 bridgehead atoms. The first-order chi connectivity index (χ1) is 10.6. The number of nitrogens with zero attached hydrogens (tertiary/aromatic N) is 3. The van der Waals surface area contributed by atoms with Crippen LogP contribution in [-0.4, -0.2) is 20.6 Å². The molecule has 7 nitrogen and oxygen atoms in total. The lowest BCUT2D eigenvalue weighted by atomic mass is 10.2. The molecule has 0 aliphatic rings. The van der Waals surface area contributed by atoms with Crippen LogP contribution in [-0.2, 0) is 17.9 Å². The number of carbonyl (C=O) groups is 1. The van der Waals surface area contributed by atoms with Crippen LogP contribution in [0.5, 0.6) is 0 Å². The average molecular weight is 306 g/mol. The number of nitro groups is 1. The molecule has 0 atom stereocenters. The lowest BCUT2D eigenvalue weighted by Crippen LogP contribution is -2.23. The Morgan fingerprint density at radius 1 is 1.41 bits per heavy atom. The lowest BCUT2D eigenvalue weighted by Gasteiger charge is -2.06. The van der Waals surface area contributed by atoms with Crippen molar-refractivity contribution in [2.75, 3.05) is 0 Å². The number of benzene rings is 1. The van der Waals surface area contributed by atoms with Crippen molar-refractivity contribution in [1.82, 2.24) is 15.1 Å². The van der Waals surface area contributed by atoms with Gasteiger partial charge in [0.2, 0.25) is 5.91 Å². The molecular formula is C14H15FN4O3. The van der Waals surface area contributed by atoms with E-state index in [-0.39, 0.29) is 30.4 Å². The molecule has 0 aliphatic carbocycles. The summed E-state index contributed by atoms with van der Waals surface area (Å²) in [7, 11) is 0. The zero-order valence-electron chi connectivity index (χ0n) is 11.7. The number of amides is 1. The van der Waals surface area contributed by atoms with E-state index in [1.807, 2.05) is 0 Å². The maximum absolute atomic E-state index is 13.4. The van der Waals surface area contributed by atoms with E-state index in [2.05, 4.69) is 10.4 Å².